The summed E-state index contributed by atoms with van der Waals surface area (Å²) < 4.78 is 5.43. The number of hydrogen-bond acceptors (Lipinski definition) is 5. The van der Waals surface area contributed by atoms with Crippen molar-refractivity contribution in [1.29, 1.82) is 0 Å². The highest BCUT2D eigenvalue weighted by molar-refractivity contribution is 5.20. The fraction of sp³-hybridized carbons (Fsp3) is 0.714. The summed E-state index contributed by atoms with van der Waals surface area (Å²) in [7, 11) is 0. The second kappa shape index (κ2) is 6.85. The van der Waals surface area contributed by atoms with Crippen LogP contribution in [0.3, 0.4) is 0 Å². The van der Waals surface area contributed by atoms with E-state index in [1.807, 2.05) is 0 Å². The van der Waals surface area contributed by atoms with Gasteiger partial charge in [-0.05, 0) is 24.8 Å². The quantitative estimate of drug-likeness (QED) is 0.641. The zero-order valence-corrected chi connectivity index (χ0v) is 12.2. The molecule has 2 heterocycles. The molecule has 1 aliphatic rings. The van der Waals surface area contributed by atoms with Gasteiger partial charge in [0.2, 0.25) is 0 Å². The topological polar surface area (TPSA) is 71.5 Å². The van der Waals surface area contributed by atoms with Gasteiger partial charge in [-0.1, -0.05) is 13.8 Å². The molecule has 0 amide bonds. The van der Waals surface area contributed by atoms with E-state index in [-0.39, 0.29) is 11.9 Å². The van der Waals surface area contributed by atoms with Crippen molar-refractivity contribution in [1.82, 2.24) is 10.2 Å². The second-order valence-corrected chi connectivity index (χ2v) is 5.71. The zero-order valence-electron chi connectivity index (χ0n) is 12.2. The molecule has 0 aromatic carbocycles. The molecule has 0 unspecified atom stereocenters. The van der Waals surface area contributed by atoms with E-state index in [1.165, 1.54) is 6.07 Å². The van der Waals surface area contributed by atoms with Crippen LogP contribution in [0.25, 0.3) is 0 Å². The molecule has 1 aliphatic heterocycles. The smallest absolute Gasteiger partial charge is 0.404 e. The van der Waals surface area contributed by atoms with Crippen molar-refractivity contribution in [2.45, 2.75) is 32.7 Å². The average molecular weight is 281 g/mol. The van der Waals surface area contributed by atoms with Crippen molar-refractivity contribution >= 4 is 5.88 Å². The number of rotatable bonds is 6. The zero-order chi connectivity index (χ0) is 14.5. The van der Waals surface area contributed by atoms with Gasteiger partial charge in [-0.15, -0.1) is 0 Å². The molecule has 1 atom stereocenters. The van der Waals surface area contributed by atoms with Crippen molar-refractivity contribution < 1.29 is 9.34 Å². The Balaban J connectivity index is 2.12. The first-order chi connectivity index (χ1) is 9.58. The molecule has 0 aliphatic carbocycles. The van der Waals surface area contributed by atoms with Crippen molar-refractivity contribution in [3.8, 4) is 0 Å². The lowest BCUT2D eigenvalue weighted by molar-refractivity contribution is -0.402. The molecule has 0 bridgehead atoms. The molecule has 2 rings (SSSR count). The fourth-order valence-electron chi connectivity index (χ4n) is 2.61. The predicted molar refractivity (Wildman–Crippen MR) is 76.6 cm³/mol. The number of nitrogens with zero attached hydrogens (tertiary/aromatic N) is 2. The summed E-state index contributed by atoms with van der Waals surface area (Å²) in [6, 6.07) is 3.36. The van der Waals surface area contributed by atoms with Gasteiger partial charge < -0.3 is 9.73 Å². The lowest BCUT2D eigenvalue weighted by Crippen LogP contribution is -2.45. The third-order valence-electron chi connectivity index (χ3n) is 3.73. The van der Waals surface area contributed by atoms with Gasteiger partial charge in [0.15, 0.2) is 0 Å². The van der Waals surface area contributed by atoms with Crippen molar-refractivity contribution in [2.75, 3.05) is 26.2 Å². The lowest BCUT2D eigenvalue weighted by atomic mass is 10.00. The molecular formula is C14H23N3O3. The summed E-state index contributed by atoms with van der Waals surface area (Å²) in [5.41, 5.74) is 0. The molecule has 1 aromatic rings. The molecule has 6 nitrogen and oxygen atoms in total. The van der Waals surface area contributed by atoms with Gasteiger partial charge in [-0.2, -0.15) is 0 Å². The SMILES string of the molecule is CC(C)CC[C@H](c1ccc([N+](=O)[O-])o1)N1CCNCC1. The summed E-state index contributed by atoms with van der Waals surface area (Å²) >= 11 is 0. The van der Waals surface area contributed by atoms with Crippen LogP contribution in [0, 0.1) is 16.0 Å². The molecular weight excluding hydrogens is 258 g/mol. The van der Waals surface area contributed by atoms with E-state index in [4.69, 9.17) is 4.42 Å². The van der Waals surface area contributed by atoms with Crippen LogP contribution >= 0.6 is 0 Å². The molecule has 0 radical (unpaired) electrons. The van der Waals surface area contributed by atoms with Gasteiger partial charge >= 0.3 is 5.88 Å². The summed E-state index contributed by atoms with van der Waals surface area (Å²) in [6.45, 7) is 8.22. The van der Waals surface area contributed by atoms with Crippen LogP contribution in [0.4, 0.5) is 5.88 Å². The highest BCUT2D eigenvalue weighted by Crippen LogP contribution is 2.31. The van der Waals surface area contributed by atoms with E-state index < -0.39 is 4.92 Å². The third-order valence-corrected chi connectivity index (χ3v) is 3.73. The minimum Gasteiger partial charge on any atom is -0.404 e. The number of hydrogen-bond donors (Lipinski definition) is 1. The minimum absolute atomic E-state index is 0.146. The predicted octanol–water partition coefficient (Wildman–Crippen LogP) is 2.57. The van der Waals surface area contributed by atoms with Gasteiger partial charge in [0.1, 0.15) is 10.7 Å². The molecule has 1 fully saturated rings. The largest absolute Gasteiger partial charge is 0.433 e. The number of nitrogens with one attached hydrogen (secondary N) is 1. The monoisotopic (exact) mass is 281 g/mol. The second-order valence-electron chi connectivity index (χ2n) is 5.71. The molecule has 1 saturated heterocycles. The molecule has 112 valence electrons. The van der Waals surface area contributed by atoms with Gasteiger partial charge in [0.25, 0.3) is 0 Å². The molecule has 6 heteroatoms. The van der Waals surface area contributed by atoms with E-state index in [0.717, 1.165) is 44.8 Å². The highest BCUT2D eigenvalue weighted by Gasteiger charge is 2.26. The maximum Gasteiger partial charge on any atom is 0.433 e. The third kappa shape index (κ3) is 3.80. The van der Waals surface area contributed by atoms with Crippen LogP contribution < -0.4 is 5.32 Å². The molecule has 1 N–H and O–H groups in total. The Kier molecular flexibility index (Phi) is 5.14. The van der Waals surface area contributed by atoms with Crippen molar-refractivity contribution in [3.05, 3.63) is 28.0 Å². The van der Waals surface area contributed by atoms with Crippen molar-refractivity contribution in [2.24, 2.45) is 5.92 Å². The first kappa shape index (κ1) is 15.0. The van der Waals surface area contributed by atoms with Crippen LogP contribution in [0.15, 0.2) is 16.5 Å². The summed E-state index contributed by atoms with van der Waals surface area (Å²) in [6.07, 6.45) is 2.06. The minimum atomic E-state index is -0.471. The van der Waals surface area contributed by atoms with Gasteiger partial charge in [-0.3, -0.25) is 15.0 Å². The fourth-order valence-corrected chi connectivity index (χ4v) is 2.61. The molecule has 0 spiro atoms. The van der Waals surface area contributed by atoms with Crippen molar-refractivity contribution in [3.63, 3.8) is 0 Å². The van der Waals surface area contributed by atoms with E-state index >= 15 is 0 Å². The van der Waals surface area contributed by atoms with Gasteiger partial charge in [0.05, 0.1) is 12.1 Å². The van der Waals surface area contributed by atoms with Gasteiger partial charge in [0, 0.05) is 26.2 Å². The van der Waals surface area contributed by atoms with E-state index in [2.05, 4.69) is 24.1 Å². The van der Waals surface area contributed by atoms with E-state index in [0.29, 0.717) is 5.92 Å². The molecule has 0 saturated carbocycles. The molecule has 20 heavy (non-hydrogen) atoms. The number of furan rings is 1. The Morgan fingerprint density at radius 1 is 1.35 bits per heavy atom. The van der Waals surface area contributed by atoms with Crippen LogP contribution in [0.5, 0.6) is 0 Å². The highest BCUT2D eigenvalue weighted by atomic mass is 16.6. The maximum absolute atomic E-state index is 10.8. The first-order valence-electron chi connectivity index (χ1n) is 7.27. The Hall–Kier alpha value is -1.40. The number of piperazine rings is 1. The van der Waals surface area contributed by atoms with Crippen LogP contribution in [0.1, 0.15) is 38.5 Å². The van der Waals surface area contributed by atoms with E-state index in [1.54, 1.807) is 6.07 Å². The Labute approximate surface area is 119 Å². The summed E-state index contributed by atoms with van der Waals surface area (Å²) in [5.74, 6) is 1.18. The average Bonchev–Trinajstić information content (AvgIpc) is 2.90. The summed E-state index contributed by atoms with van der Waals surface area (Å²) in [5, 5.41) is 14.1. The Morgan fingerprint density at radius 2 is 2.05 bits per heavy atom. The van der Waals surface area contributed by atoms with E-state index in [9.17, 15) is 10.1 Å². The van der Waals surface area contributed by atoms with Crippen LogP contribution in [-0.2, 0) is 0 Å². The van der Waals surface area contributed by atoms with Crippen LogP contribution in [-0.4, -0.2) is 36.0 Å². The normalized spacial score (nSPS) is 18.4. The Bertz CT molecular complexity index is 439. The van der Waals surface area contributed by atoms with Crippen LogP contribution in [0.2, 0.25) is 0 Å². The standard InChI is InChI=1S/C14H23N3O3/c1-11(2)3-4-12(16-9-7-15-8-10-16)13-5-6-14(20-13)17(18)19/h5-6,11-12,15H,3-4,7-10H2,1-2H3/t12-/m1/s1. The summed E-state index contributed by atoms with van der Waals surface area (Å²) in [4.78, 5) is 12.7. The Morgan fingerprint density at radius 3 is 2.60 bits per heavy atom. The number of nitro groups is 1. The maximum atomic E-state index is 10.8. The lowest BCUT2D eigenvalue weighted by Gasteiger charge is -2.34. The first-order valence-corrected chi connectivity index (χ1v) is 7.27. The molecule has 1 aromatic heterocycles. The van der Waals surface area contributed by atoms with Gasteiger partial charge in [-0.25, -0.2) is 0 Å².